The van der Waals surface area contributed by atoms with E-state index in [1.807, 2.05) is 4.90 Å². The monoisotopic (exact) mass is 376 g/mol. The highest BCUT2D eigenvalue weighted by atomic mass is 16.5. The Labute approximate surface area is 158 Å². The number of aliphatic hydroxyl groups is 1. The molecule has 148 valence electrons. The average molecular weight is 376 g/mol. The topological polar surface area (TPSA) is 98.8 Å². The first kappa shape index (κ1) is 18.4. The van der Waals surface area contributed by atoms with Crippen LogP contribution in [0.15, 0.2) is 0 Å². The molecule has 0 aliphatic carbocycles. The number of nitrogens with one attached hydrogen (secondary N) is 1. The molecule has 8 nitrogen and oxygen atoms in total. The SMILES string of the molecule is CC1CCN(C(=O)[C@H]2CN(C(=O)c3n[nH]c4c3COCC4)CC[C@H]2O)CC1. The first-order valence-corrected chi connectivity index (χ1v) is 9.94. The van der Waals surface area contributed by atoms with Gasteiger partial charge in [-0.05, 0) is 25.2 Å². The van der Waals surface area contributed by atoms with Crippen molar-refractivity contribution in [3.05, 3.63) is 17.0 Å². The van der Waals surface area contributed by atoms with E-state index >= 15 is 0 Å². The van der Waals surface area contributed by atoms with Crippen molar-refractivity contribution < 1.29 is 19.4 Å². The van der Waals surface area contributed by atoms with Gasteiger partial charge in [0.1, 0.15) is 0 Å². The van der Waals surface area contributed by atoms with Crippen molar-refractivity contribution in [1.82, 2.24) is 20.0 Å². The van der Waals surface area contributed by atoms with Crippen LogP contribution in [0.5, 0.6) is 0 Å². The molecule has 3 aliphatic rings. The van der Waals surface area contributed by atoms with Crippen LogP contribution in [0.25, 0.3) is 0 Å². The predicted octanol–water partition coefficient (Wildman–Crippen LogP) is 0.564. The molecule has 4 heterocycles. The van der Waals surface area contributed by atoms with Crippen LogP contribution in [0, 0.1) is 11.8 Å². The van der Waals surface area contributed by atoms with Crippen LogP contribution in [0.1, 0.15) is 47.9 Å². The fraction of sp³-hybridized carbons (Fsp3) is 0.737. The van der Waals surface area contributed by atoms with E-state index in [0.29, 0.717) is 37.8 Å². The summed E-state index contributed by atoms with van der Waals surface area (Å²) in [6.45, 7) is 5.37. The van der Waals surface area contributed by atoms with Gasteiger partial charge in [0.25, 0.3) is 5.91 Å². The van der Waals surface area contributed by atoms with E-state index in [4.69, 9.17) is 4.74 Å². The van der Waals surface area contributed by atoms with Crippen molar-refractivity contribution >= 4 is 11.8 Å². The largest absolute Gasteiger partial charge is 0.392 e. The summed E-state index contributed by atoms with van der Waals surface area (Å²) in [6.07, 6.45) is 2.43. The molecule has 0 unspecified atom stereocenters. The van der Waals surface area contributed by atoms with Crippen molar-refractivity contribution in [3.63, 3.8) is 0 Å². The molecular weight excluding hydrogens is 348 g/mol. The van der Waals surface area contributed by atoms with Crippen molar-refractivity contribution in [1.29, 1.82) is 0 Å². The zero-order valence-electron chi connectivity index (χ0n) is 15.8. The van der Waals surface area contributed by atoms with Crippen LogP contribution < -0.4 is 0 Å². The Hall–Kier alpha value is -1.93. The fourth-order valence-corrected chi connectivity index (χ4v) is 4.27. The smallest absolute Gasteiger partial charge is 0.274 e. The number of rotatable bonds is 2. The van der Waals surface area contributed by atoms with Gasteiger partial charge >= 0.3 is 0 Å². The number of aliphatic hydroxyl groups excluding tert-OH is 1. The standard InChI is InChI=1S/C19H28N4O4/c1-12-2-6-22(7-3-12)18(25)13-10-23(8-4-16(13)24)19(26)17-14-11-27-9-5-15(14)20-21-17/h12-13,16,24H,2-11H2,1H3,(H,20,21)/t13-,16+/m0/s1. The Kier molecular flexibility index (Phi) is 5.19. The quantitative estimate of drug-likeness (QED) is 0.786. The zero-order valence-corrected chi connectivity index (χ0v) is 15.8. The minimum atomic E-state index is -0.697. The van der Waals surface area contributed by atoms with Crippen molar-refractivity contribution in [3.8, 4) is 0 Å². The average Bonchev–Trinajstić information content (AvgIpc) is 3.12. The number of amides is 2. The van der Waals surface area contributed by atoms with Crippen molar-refractivity contribution in [2.75, 3.05) is 32.8 Å². The van der Waals surface area contributed by atoms with Crippen LogP contribution in [0.2, 0.25) is 0 Å². The maximum atomic E-state index is 13.0. The van der Waals surface area contributed by atoms with Gasteiger partial charge in [0.15, 0.2) is 5.69 Å². The summed E-state index contributed by atoms with van der Waals surface area (Å²) in [7, 11) is 0. The maximum absolute atomic E-state index is 13.0. The highest BCUT2D eigenvalue weighted by Gasteiger charge is 2.39. The maximum Gasteiger partial charge on any atom is 0.274 e. The molecule has 4 rings (SSSR count). The number of nitrogens with zero attached hydrogens (tertiary/aromatic N) is 3. The molecule has 1 aromatic rings. The number of piperidine rings is 2. The molecule has 3 aliphatic heterocycles. The summed E-state index contributed by atoms with van der Waals surface area (Å²) in [5.41, 5.74) is 2.17. The molecule has 0 saturated carbocycles. The van der Waals surface area contributed by atoms with Gasteiger partial charge in [0, 0.05) is 43.9 Å². The summed E-state index contributed by atoms with van der Waals surface area (Å²) in [6, 6.07) is 0. The lowest BCUT2D eigenvalue weighted by Crippen LogP contribution is -2.53. The van der Waals surface area contributed by atoms with Crippen LogP contribution >= 0.6 is 0 Å². The van der Waals surface area contributed by atoms with E-state index in [2.05, 4.69) is 17.1 Å². The summed E-state index contributed by atoms with van der Waals surface area (Å²) in [4.78, 5) is 29.5. The van der Waals surface area contributed by atoms with Gasteiger partial charge in [-0.2, -0.15) is 5.10 Å². The van der Waals surface area contributed by atoms with Gasteiger partial charge in [-0.1, -0.05) is 6.92 Å². The van der Waals surface area contributed by atoms with E-state index in [1.165, 1.54) is 0 Å². The lowest BCUT2D eigenvalue weighted by atomic mass is 9.91. The number of aromatic nitrogens is 2. The number of hydrogen-bond acceptors (Lipinski definition) is 5. The summed E-state index contributed by atoms with van der Waals surface area (Å²) in [5.74, 6) is -0.132. The molecule has 1 aromatic heterocycles. The van der Waals surface area contributed by atoms with Crippen LogP contribution in [0.3, 0.4) is 0 Å². The van der Waals surface area contributed by atoms with Gasteiger partial charge < -0.3 is 19.6 Å². The number of likely N-dealkylation sites (tertiary alicyclic amines) is 2. The number of fused-ring (bicyclic) bond motifs is 1. The van der Waals surface area contributed by atoms with Crippen molar-refractivity contribution in [2.24, 2.45) is 11.8 Å². The van der Waals surface area contributed by atoms with Gasteiger partial charge in [0.05, 0.1) is 25.2 Å². The first-order chi connectivity index (χ1) is 13.0. The van der Waals surface area contributed by atoms with E-state index in [9.17, 15) is 14.7 Å². The van der Waals surface area contributed by atoms with Crippen LogP contribution in [-0.2, 0) is 22.6 Å². The minimum Gasteiger partial charge on any atom is -0.392 e. The van der Waals surface area contributed by atoms with E-state index < -0.39 is 12.0 Å². The third kappa shape index (κ3) is 3.60. The van der Waals surface area contributed by atoms with Gasteiger partial charge in [-0.3, -0.25) is 14.7 Å². The Bertz CT molecular complexity index is 711. The molecule has 2 fully saturated rings. The second kappa shape index (κ2) is 7.59. The molecule has 0 radical (unpaired) electrons. The van der Waals surface area contributed by atoms with Gasteiger partial charge in [-0.25, -0.2) is 0 Å². The number of hydrogen-bond donors (Lipinski definition) is 2. The molecule has 27 heavy (non-hydrogen) atoms. The molecule has 2 N–H and O–H groups in total. The van der Waals surface area contributed by atoms with Gasteiger partial charge in [0.2, 0.25) is 5.91 Å². The molecule has 2 saturated heterocycles. The summed E-state index contributed by atoms with van der Waals surface area (Å²) in [5, 5.41) is 17.6. The second-order valence-electron chi connectivity index (χ2n) is 8.05. The fourth-order valence-electron chi connectivity index (χ4n) is 4.27. The minimum absolute atomic E-state index is 0.0284. The van der Waals surface area contributed by atoms with Crippen LogP contribution in [-0.4, -0.2) is 75.8 Å². The number of H-pyrrole nitrogens is 1. The van der Waals surface area contributed by atoms with E-state index in [1.54, 1.807) is 4.90 Å². The molecule has 0 bridgehead atoms. The normalized spacial score (nSPS) is 26.7. The van der Waals surface area contributed by atoms with Crippen LogP contribution in [0.4, 0.5) is 0 Å². The van der Waals surface area contributed by atoms with Gasteiger partial charge in [-0.15, -0.1) is 0 Å². The number of carbonyl (C=O) groups excluding carboxylic acids is 2. The molecular formula is C19H28N4O4. The Morgan fingerprint density at radius 3 is 2.70 bits per heavy atom. The highest BCUT2D eigenvalue weighted by molar-refractivity contribution is 5.94. The summed E-state index contributed by atoms with van der Waals surface area (Å²) < 4.78 is 5.47. The van der Waals surface area contributed by atoms with E-state index in [0.717, 1.165) is 43.6 Å². The molecule has 0 spiro atoms. The highest BCUT2D eigenvalue weighted by Crippen LogP contribution is 2.26. The molecule has 8 heteroatoms. The van der Waals surface area contributed by atoms with Crippen molar-refractivity contribution in [2.45, 2.75) is 45.3 Å². The number of aromatic amines is 1. The number of ether oxygens (including phenoxy) is 1. The number of carbonyl (C=O) groups is 2. The molecule has 2 amide bonds. The Morgan fingerprint density at radius 2 is 1.93 bits per heavy atom. The lowest BCUT2D eigenvalue weighted by Gasteiger charge is -2.39. The Balaban J connectivity index is 1.46. The Morgan fingerprint density at radius 1 is 1.19 bits per heavy atom. The van der Waals surface area contributed by atoms with E-state index in [-0.39, 0.29) is 18.4 Å². The third-order valence-electron chi connectivity index (χ3n) is 6.17. The first-order valence-electron chi connectivity index (χ1n) is 9.94. The molecule has 2 atom stereocenters. The zero-order chi connectivity index (χ0) is 19.0. The lowest BCUT2D eigenvalue weighted by molar-refractivity contribution is -0.143. The molecule has 0 aromatic carbocycles. The second-order valence-corrected chi connectivity index (χ2v) is 8.05. The third-order valence-corrected chi connectivity index (χ3v) is 6.17. The summed E-state index contributed by atoms with van der Waals surface area (Å²) >= 11 is 0. The predicted molar refractivity (Wildman–Crippen MR) is 96.9 cm³/mol.